The van der Waals surface area contributed by atoms with E-state index in [0.29, 0.717) is 5.82 Å². The molecular formula is C10H12N4S. The van der Waals surface area contributed by atoms with Crippen molar-refractivity contribution in [3.8, 4) is 0 Å². The monoisotopic (exact) mass is 220 g/mol. The molecule has 78 valence electrons. The van der Waals surface area contributed by atoms with Crippen LogP contribution in [0.5, 0.6) is 0 Å². The van der Waals surface area contributed by atoms with E-state index in [1.54, 1.807) is 23.7 Å². The van der Waals surface area contributed by atoms with E-state index in [1.807, 2.05) is 17.5 Å². The molecule has 0 saturated heterocycles. The summed E-state index contributed by atoms with van der Waals surface area (Å²) < 4.78 is 0. The average molecular weight is 220 g/mol. The van der Waals surface area contributed by atoms with Crippen molar-refractivity contribution >= 4 is 22.8 Å². The molecule has 2 aromatic heterocycles. The first-order valence-electron chi connectivity index (χ1n) is 4.63. The molecule has 0 aliphatic carbocycles. The van der Waals surface area contributed by atoms with E-state index in [1.165, 1.54) is 0 Å². The molecule has 3 N–H and O–H groups in total. The molecule has 0 saturated carbocycles. The number of anilines is 2. The standard InChI is InChI=1S/C10H12N4S/c1-7(10-13-4-5-15-10)14-8-2-3-12-9(11)6-8/h2-7H,1H3,(H3,11,12,14). The summed E-state index contributed by atoms with van der Waals surface area (Å²) in [4.78, 5) is 8.18. The van der Waals surface area contributed by atoms with Crippen molar-refractivity contribution in [1.29, 1.82) is 0 Å². The summed E-state index contributed by atoms with van der Waals surface area (Å²) in [5, 5.41) is 6.34. The molecule has 15 heavy (non-hydrogen) atoms. The SMILES string of the molecule is CC(Nc1ccnc(N)c1)c1nccs1. The van der Waals surface area contributed by atoms with Crippen molar-refractivity contribution in [2.45, 2.75) is 13.0 Å². The summed E-state index contributed by atoms with van der Waals surface area (Å²) in [5.74, 6) is 0.520. The van der Waals surface area contributed by atoms with Crippen LogP contribution in [0.15, 0.2) is 29.9 Å². The van der Waals surface area contributed by atoms with Crippen molar-refractivity contribution in [1.82, 2.24) is 9.97 Å². The first-order chi connectivity index (χ1) is 7.25. The molecular weight excluding hydrogens is 208 g/mol. The van der Waals surface area contributed by atoms with E-state index in [4.69, 9.17) is 5.73 Å². The third-order valence-electron chi connectivity index (χ3n) is 1.99. The molecule has 5 heteroatoms. The number of aromatic nitrogens is 2. The molecule has 1 unspecified atom stereocenters. The van der Waals surface area contributed by atoms with Crippen LogP contribution >= 0.6 is 11.3 Å². The maximum atomic E-state index is 5.59. The predicted octanol–water partition coefficient (Wildman–Crippen LogP) is 2.29. The number of hydrogen-bond acceptors (Lipinski definition) is 5. The summed E-state index contributed by atoms with van der Waals surface area (Å²) in [6.07, 6.45) is 3.49. The Morgan fingerprint density at radius 3 is 2.93 bits per heavy atom. The van der Waals surface area contributed by atoms with Gasteiger partial charge in [-0.25, -0.2) is 9.97 Å². The van der Waals surface area contributed by atoms with Crippen LogP contribution < -0.4 is 11.1 Å². The van der Waals surface area contributed by atoms with Gasteiger partial charge < -0.3 is 11.1 Å². The lowest BCUT2D eigenvalue weighted by Gasteiger charge is -2.12. The van der Waals surface area contributed by atoms with E-state index < -0.39 is 0 Å². The molecule has 2 heterocycles. The molecule has 0 aromatic carbocycles. The minimum Gasteiger partial charge on any atom is -0.384 e. The lowest BCUT2D eigenvalue weighted by Crippen LogP contribution is -2.06. The van der Waals surface area contributed by atoms with Crippen molar-refractivity contribution in [3.05, 3.63) is 34.9 Å². The van der Waals surface area contributed by atoms with Gasteiger partial charge in [0, 0.05) is 29.5 Å². The number of nitrogens with one attached hydrogen (secondary N) is 1. The number of nitrogens with zero attached hydrogens (tertiary/aromatic N) is 2. The Morgan fingerprint density at radius 2 is 2.27 bits per heavy atom. The maximum Gasteiger partial charge on any atom is 0.125 e. The minimum atomic E-state index is 0.187. The molecule has 0 fully saturated rings. The Bertz CT molecular complexity index is 427. The highest BCUT2D eigenvalue weighted by Crippen LogP contribution is 2.20. The first-order valence-corrected chi connectivity index (χ1v) is 5.51. The van der Waals surface area contributed by atoms with Crippen molar-refractivity contribution in [2.24, 2.45) is 0 Å². The lowest BCUT2D eigenvalue weighted by molar-refractivity contribution is 0.869. The van der Waals surface area contributed by atoms with Crippen LogP contribution in [0.25, 0.3) is 0 Å². The van der Waals surface area contributed by atoms with Crippen molar-refractivity contribution in [3.63, 3.8) is 0 Å². The van der Waals surface area contributed by atoms with Gasteiger partial charge in [-0.2, -0.15) is 0 Å². The zero-order chi connectivity index (χ0) is 10.7. The van der Waals surface area contributed by atoms with Gasteiger partial charge >= 0.3 is 0 Å². The molecule has 0 radical (unpaired) electrons. The highest BCUT2D eigenvalue weighted by molar-refractivity contribution is 7.09. The Kier molecular flexibility index (Phi) is 2.82. The molecule has 2 aromatic rings. The predicted molar refractivity (Wildman–Crippen MR) is 62.8 cm³/mol. The van der Waals surface area contributed by atoms with E-state index in [2.05, 4.69) is 22.2 Å². The highest BCUT2D eigenvalue weighted by atomic mass is 32.1. The summed E-state index contributed by atoms with van der Waals surface area (Å²) in [6, 6.07) is 3.89. The van der Waals surface area contributed by atoms with Crippen LogP contribution in [0, 0.1) is 0 Å². The molecule has 0 aliphatic heterocycles. The number of nitrogens with two attached hydrogens (primary N) is 1. The number of thiazole rings is 1. The molecule has 0 spiro atoms. The van der Waals surface area contributed by atoms with Crippen LogP contribution in [0.1, 0.15) is 18.0 Å². The van der Waals surface area contributed by atoms with Gasteiger partial charge in [-0.3, -0.25) is 0 Å². The summed E-state index contributed by atoms with van der Waals surface area (Å²) in [5.41, 5.74) is 6.55. The second-order valence-electron chi connectivity index (χ2n) is 3.21. The zero-order valence-corrected chi connectivity index (χ0v) is 9.16. The molecule has 4 nitrogen and oxygen atoms in total. The number of pyridine rings is 1. The van der Waals surface area contributed by atoms with Crippen LogP contribution in [-0.4, -0.2) is 9.97 Å². The number of nitrogen functional groups attached to an aromatic ring is 1. The quantitative estimate of drug-likeness (QED) is 0.833. The Balaban J connectivity index is 2.09. The van der Waals surface area contributed by atoms with E-state index in [-0.39, 0.29) is 6.04 Å². The molecule has 0 amide bonds. The van der Waals surface area contributed by atoms with Gasteiger partial charge in [-0.15, -0.1) is 11.3 Å². The zero-order valence-electron chi connectivity index (χ0n) is 8.34. The fraction of sp³-hybridized carbons (Fsp3) is 0.200. The van der Waals surface area contributed by atoms with Gasteiger partial charge in [-0.1, -0.05) is 0 Å². The van der Waals surface area contributed by atoms with Crippen LogP contribution in [-0.2, 0) is 0 Å². The smallest absolute Gasteiger partial charge is 0.125 e. The fourth-order valence-electron chi connectivity index (χ4n) is 1.30. The minimum absolute atomic E-state index is 0.187. The Morgan fingerprint density at radius 1 is 1.40 bits per heavy atom. The molecule has 2 rings (SSSR count). The van der Waals surface area contributed by atoms with Crippen LogP contribution in [0.4, 0.5) is 11.5 Å². The topological polar surface area (TPSA) is 63.8 Å². The second-order valence-corrected chi connectivity index (χ2v) is 4.13. The van der Waals surface area contributed by atoms with Gasteiger partial charge in [0.05, 0.1) is 6.04 Å². The molecule has 1 atom stereocenters. The van der Waals surface area contributed by atoms with Gasteiger partial charge in [-0.05, 0) is 13.0 Å². The summed E-state index contributed by atoms with van der Waals surface area (Å²) in [7, 11) is 0. The largest absolute Gasteiger partial charge is 0.384 e. The highest BCUT2D eigenvalue weighted by Gasteiger charge is 2.07. The fourth-order valence-corrected chi connectivity index (χ4v) is 1.94. The third kappa shape index (κ3) is 2.44. The lowest BCUT2D eigenvalue weighted by atomic mass is 10.3. The van der Waals surface area contributed by atoms with Gasteiger partial charge in [0.2, 0.25) is 0 Å². The Labute approximate surface area is 92.2 Å². The normalized spacial score (nSPS) is 12.3. The molecule has 0 aliphatic rings. The number of hydrogen-bond donors (Lipinski definition) is 2. The van der Waals surface area contributed by atoms with Gasteiger partial charge in [0.25, 0.3) is 0 Å². The molecule has 0 bridgehead atoms. The second kappa shape index (κ2) is 4.27. The summed E-state index contributed by atoms with van der Waals surface area (Å²) >= 11 is 1.63. The van der Waals surface area contributed by atoms with Crippen molar-refractivity contribution < 1.29 is 0 Å². The summed E-state index contributed by atoms with van der Waals surface area (Å²) in [6.45, 7) is 2.06. The Hall–Kier alpha value is -1.62. The maximum absolute atomic E-state index is 5.59. The van der Waals surface area contributed by atoms with Crippen LogP contribution in [0.2, 0.25) is 0 Å². The van der Waals surface area contributed by atoms with E-state index in [0.717, 1.165) is 10.7 Å². The van der Waals surface area contributed by atoms with Crippen molar-refractivity contribution in [2.75, 3.05) is 11.1 Å². The van der Waals surface area contributed by atoms with Gasteiger partial charge in [0.15, 0.2) is 0 Å². The number of rotatable bonds is 3. The first kappa shape index (κ1) is 9.92. The van der Waals surface area contributed by atoms with E-state index >= 15 is 0 Å². The van der Waals surface area contributed by atoms with Crippen LogP contribution in [0.3, 0.4) is 0 Å². The average Bonchev–Trinajstić information content (AvgIpc) is 2.70. The van der Waals surface area contributed by atoms with E-state index in [9.17, 15) is 0 Å². The van der Waals surface area contributed by atoms with Gasteiger partial charge in [0.1, 0.15) is 10.8 Å². The third-order valence-corrected chi connectivity index (χ3v) is 2.94.